The topological polar surface area (TPSA) is 37.3 Å². The minimum absolute atomic E-state index is 0.118. The van der Waals surface area contributed by atoms with E-state index in [-0.39, 0.29) is 10.8 Å². The Morgan fingerprint density at radius 1 is 1.25 bits per heavy atom. The fourth-order valence-corrected chi connectivity index (χ4v) is 2.77. The molecule has 0 aromatic rings. The maximum Gasteiger partial charge on any atom is 0.144 e. The summed E-state index contributed by atoms with van der Waals surface area (Å²) in [6.45, 7) is 5.87. The maximum absolute atomic E-state index is 11.8. The van der Waals surface area contributed by atoms with Crippen LogP contribution in [0.4, 0.5) is 0 Å². The highest BCUT2D eigenvalue weighted by Crippen LogP contribution is 2.68. The van der Waals surface area contributed by atoms with Crippen LogP contribution in [-0.2, 0) is 4.79 Å². The Balaban J connectivity index is 2.10. The fourth-order valence-electron chi connectivity index (χ4n) is 2.77. The molecular weight excluding hydrogens is 152 g/mol. The number of rotatable bonds is 1. The SMILES string of the molecule is CC(C)(C)C(=O)C12CC(O)(C1)C2. The van der Waals surface area contributed by atoms with E-state index in [0.29, 0.717) is 5.78 Å². The highest BCUT2D eigenvalue weighted by Gasteiger charge is 2.71. The summed E-state index contributed by atoms with van der Waals surface area (Å²) >= 11 is 0. The van der Waals surface area contributed by atoms with Crippen LogP contribution in [0.1, 0.15) is 40.0 Å². The molecule has 3 saturated carbocycles. The zero-order valence-electron chi connectivity index (χ0n) is 7.98. The molecule has 3 aliphatic rings. The van der Waals surface area contributed by atoms with E-state index in [1.165, 1.54) is 0 Å². The summed E-state index contributed by atoms with van der Waals surface area (Å²) in [5, 5.41) is 9.51. The molecule has 68 valence electrons. The molecule has 2 nitrogen and oxygen atoms in total. The smallest absolute Gasteiger partial charge is 0.144 e. The average Bonchev–Trinajstić information content (AvgIpc) is 1.75. The molecule has 0 saturated heterocycles. The summed E-state index contributed by atoms with van der Waals surface area (Å²) in [6.07, 6.45) is 2.16. The van der Waals surface area contributed by atoms with Crippen molar-refractivity contribution in [3.63, 3.8) is 0 Å². The Kier molecular flexibility index (Phi) is 1.21. The Hall–Kier alpha value is -0.370. The van der Waals surface area contributed by atoms with Crippen LogP contribution in [0.25, 0.3) is 0 Å². The zero-order chi connectivity index (χ0) is 9.20. The first kappa shape index (κ1) is 8.24. The van der Waals surface area contributed by atoms with Gasteiger partial charge >= 0.3 is 0 Å². The van der Waals surface area contributed by atoms with Crippen molar-refractivity contribution in [1.29, 1.82) is 0 Å². The molecular formula is C10H16O2. The molecule has 2 bridgehead atoms. The minimum Gasteiger partial charge on any atom is -0.390 e. The largest absolute Gasteiger partial charge is 0.390 e. The van der Waals surface area contributed by atoms with Crippen molar-refractivity contribution in [2.45, 2.75) is 45.6 Å². The Bertz CT molecular complexity index is 227. The second-order valence-electron chi connectivity index (χ2n) is 5.61. The average molecular weight is 168 g/mol. The van der Waals surface area contributed by atoms with Crippen LogP contribution in [0.5, 0.6) is 0 Å². The zero-order valence-corrected chi connectivity index (χ0v) is 7.98. The van der Waals surface area contributed by atoms with Crippen LogP contribution in [0.2, 0.25) is 0 Å². The van der Waals surface area contributed by atoms with Gasteiger partial charge in [-0.15, -0.1) is 0 Å². The second kappa shape index (κ2) is 1.77. The predicted molar refractivity (Wildman–Crippen MR) is 45.7 cm³/mol. The normalized spacial score (nSPS) is 44.7. The molecule has 0 unspecified atom stereocenters. The van der Waals surface area contributed by atoms with Gasteiger partial charge < -0.3 is 5.11 Å². The third-order valence-electron chi connectivity index (χ3n) is 3.17. The molecule has 2 heteroatoms. The lowest BCUT2D eigenvalue weighted by Crippen LogP contribution is -2.71. The van der Waals surface area contributed by atoms with E-state index in [4.69, 9.17) is 0 Å². The molecule has 0 amide bonds. The molecule has 0 heterocycles. The highest BCUT2D eigenvalue weighted by atomic mass is 16.3. The molecule has 3 rings (SSSR count). The van der Waals surface area contributed by atoms with Gasteiger partial charge in [0.25, 0.3) is 0 Å². The van der Waals surface area contributed by atoms with Crippen molar-refractivity contribution in [2.24, 2.45) is 10.8 Å². The van der Waals surface area contributed by atoms with Crippen molar-refractivity contribution in [1.82, 2.24) is 0 Å². The van der Waals surface area contributed by atoms with Gasteiger partial charge in [0.2, 0.25) is 0 Å². The first-order valence-electron chi connectivity index (χ1n) is 4.55. The van der Waals surface area contributed by atoms with E-state index in [1.807, 2.05) is 20.8 Å². The number of aliphatic hydroxyl groups is 1. The predicted octanol–water partition coefficient (Wildman–Crippen LogP) is 1.52. The first-order valence-corrected chi connectivity index (χ1v) is 4.55. The molecule has 0 radical (unpaired) electrons. The van der Waals surface area contributed by atoms with Crippen LogP contribution in [0.15, 0.2) is 0 Å². The van der Waals surface area contributed by atoms with Crippen LogP contribution < -0.4 is 0 Å². The lowest BCUT2D eigenvalue weighted by atomic mass is 9.38. The van der Waals surface area contributed by atoms with E-state index >= 15 is 0 Å². The van der Waals surface area contributed by atoms with Crippen LogP contribution in [0, 0.1) is 10.8 Å². The van der Waals surface area contributed by atoms with E-state index in [2.05, 4.69) is 0 Å². The molecule has 3 fully saturated rings. The minimum atomic E-state index is -0.444. The fraction of sp³-hybridized carbons (Fsp3) is 0.900. The van der Waals surface area contributed by atoms with Crippen molar-refractivity contribution in [3.05, 3.63) is 0 Å². The van der Waals surface area contributed by atoms with Gasteiger partial charge in [0, 0.05) is 10.8 Å². The lowest BCUT2D eigenvalue weighted by molar-refractivity contribution is -0.252. The monoisotopic (exact) mass is 168 g/mol. The van der Waals surface area contributed by atoms with E-state index < -0.39 is 5.60 Å². The summed E-state index contributed by atoms with van der Waals surface area (Å²) in [6, 6.07) is 0. The van der Waals surface area contributed by atoms with Gasteiger partial charge in [0.05, 0.1) is 5.60 Å². The van der Waals surface area contributed by atoms with Gasteiger partial charge in [-0.1, -0.05) is 20.8 Å². The van der Waals surface area contributed by atoms with Crippen LogP contribution >= 0.6 is 0 Å². The lowest BCUT2D eigenvalue weighted by Gasteiger charge is -2.67. The summed E-state index contributed by atoms with van der Waals surface area (Å²) < 4.78 is 0. The number of carbonyl (C=O) groups excluding carboxylic acids is 1. The van der Waals surface area contributed by atoms with E-state index in [1.54, 1.807) is 0 Å². The molecule has 1 N–H and O–H groups in total. The maximum atomic E-state index is 11.8. The summed E-state index contributed by atoms with van der Waals surface area (Å²) in [4.78, 5) is 11.8. The number of ketones is 1. The second-order valence-corrected chi connectivity index (χ2v) is 5.61. The number of Topliss-reactive ketones (excluding diaryl/α,β-unsaturated/α-hetero) is 1. The molecule has 3 aliphatic carbocycles. The van der Waals surface area contributed by atoms with Gasteiger partial charge in [0.1, 0.15) is 5.78 Å². The Morgan fingerprint density at radius 2 is 1.67 bits per heavy atom. The Labute approximate surface area is 73.0 Å². The molecule has 0 aromatic carbocycles. The number of hydrogen-bond acceptors (Lipinski definition) is 2. The van der Waals surface area contributed by atoms with Crippen molar-refractivity contribution >= 4 is 5.78 Å². The van der Waals surface area contributed by atoms with Crippen molar-refractivity contribution in [3.8, 4) is 0 Å². The number of hydrogen-bond donors (Lipinski definition) is 1. The highest BCUT2D eigenvalue weighted by molar-refractivity contribution is 5.92. The molecule has 0 aromatic heterocycles. The number of carbonyl (C=O) groups is 1. The van der Waals surface area contributed by atoms with Gasteiger partial charge in [-0.2, -0.15) is 0 Å². The summed E-state index contributed by atoms with van der Waals surface area (Å²) in [5.74, 6) is 0.339. The standard InChI is InChI=1S/C10H16O2/c1-8(2,3)7(11)9-4-10(12,5-9)6-9/h12H,4-6H2,1-3H3. The summed E-state index contributed by atoms with van der Waals surface area (Å²) in [5.41, 5.74) is -0.796. The third kappa shape index (κ3) is 0.817. The van der Waals surface area contributed by atoms with Crippen molar-refractivity contribution in [2.75, 3.05) is 0 Å². The molecule has 0 atom stereocenters. The van der Waals surface area contributed by atoms with E-state index in [0.717, 1.165) is 19.3 Å². The van der Waals surface area contributed by atoms with Gasteiger partial charge in [-0.25, -0.2) is 0 Å². The van der Waals surface area contributed by atoms with Gasteiger partial charge in [0.15, 0.2) is 0 Å². The Morgan fingerprint density at radius 3 is 1.92 bits per heavy atom. The molecule has 12 heavy (non-hydrogen) atoms. The van der Waals surface area contributed by atoms with Crippen LogP contribution in [-0.4, -0.2) is 16.5 Å². The first-order chi connectivity index (χ1) is 5.28. The van der Waals surface area contributed by atoms with Crippen molar-refractivity contribution < 1.29 is 9.90 Å². The van der Waals surface area contributed by atoms with Gasteiger partial charge in [-0.05, 0) is 19.3 Å². The van der Waals surface area contributed by atoms with Gasteiger partial charge in [-0.3, -0.25) is 4.79 Å². The quantitative estimate of drug-likeness (QED) is 0.644. The van der Waals surface area contributed by atoms with E-state index in [9.17, 15) is 9.90 Å². The molecule has 0 spiro atoms. The third-order valence-corrected chi connectivity index (χ3v) is 3.17. The van der Waals surface area contributed by atoms with Crippen LogP contribution in [0.3, 0.4) is 0 Å². The molecule has 0 aliphatic heterocycles. The summed E-state index contributed by atoms with van der Waals surface area (Å²) in [7, 11) is 0.